The minimum atomic E-state index is -0.282. The van der Waals surface area contributed by atoms with Crippen LogP contribution in [0.4, 0.5) is 0 Å². The van der Waals surface area contributed by atoms with Gasteiger partial charge < -0.3 is 15.3 Å². The number of aliphatic hydroxyl groups is 2. The van der Waals surface area contributed by atoms with Crippen LogP contribution in [0.2, 0.25) is 0 Å². The number of nitrogens with zero attached hydrogens (tertiary/aromatic N) is 1. The zero-order chi connectivity index (χ0) is 11.4. The highest BCUT2D eigenvalue weighted by Gasteiger charge is 2.13. The maximum Gasteiger partial charge on any atom is 0.142 e. The van der Waals surface area contributed by atoms with Gasteiger partial charge in [-0.1, -0.05) is 13.8 Å². The molecule has 0 aromatic carbocycles. The lowest BCUT2D eigenvalue weighted by molar-refractivity contribution is 0.253. The second-order valence-electron chi connectivity index (χ2n) is 3.97. The number of rotatable bonds is 4. The van der Waals surface area contributed by atoms with E-state index in [9.17, 15) is 5.11 Å². The maximum absolute atomic E-state index is 9.82. The average Bonchev–Trinajstić information content (AvgIpc) is 2.20. The molecule has 0 fully saturated rings. The van der Waals surface area contributed by atoms with Crippen LogP contribution in [-0.4, -0.2) is 20.3 Å². The summed E-state index contributed by atoms with van der Waals surface area (Å²) in [6.45, 7) is 3.55. The molecule has 0 saturated carbocycles. The fraction of sp³-hybridized carbons (Fsp3) is 0.545. The van der Waals surface area contributed by atoms with E-state index in [1.165, 1.54) is 6.20 Å². The Bertz CT molecular complexity index is 337. The Morgan fingerprint density at radius 3 is 2.40 bits per heavy atom. The molecule has 84 valence electrons. The van der Waals surface area contributed by atoms with E-state index < -0.39 is 0 Å². The summed E-state index contributed by atoms with van der Waals surface area (Å²) in [6.07, 6.45) is 2.16. The van der Waals surface area contributed by atoms with Gasteiger partial charge in [-0.15, -0.1) is 0 Å². The van der Waals surface area contributed by atoms with Gasteiger partial charge in [-0.05, 0) is 12.3 Å². The number of aliphatic hydroxyl groups excluding tert-OH is 2. The van der Waals surface area contributed by atoms with Crippen molar-refractivity contribution in [2.75, 3.05) is 0 Å². The Morgan fingerprint density at radius 2 is 1.93 bits per heavy atom. The summed E-state index contributed by atoms with van der Waals surface area (Å²) in [4.78, 5) is 4.08. The van der Waals surface area contributed by atoms with Gasteiger partial charge in [0.1, 0.15) is 5.75 Å². The van der Waals surface area contributed by atoms with Gasteiger partial charge in [-0.2, -0.15) is 0 Å². The van der Waals surface area contributed by atoms with Gasteiger partial charge in [-0.25, -0.2) is 0 Å². The predicted molar refractivity (Wildman–Crippen MR) is 56.3 cm³/mol. The van der Waals surface area contributed by atoms with Crippen molar-refractivity contribution in [3.63, 3.8) is 0 Å². The van der Waals surface area contributed by atoms with Crippen LogP contribution in [0.3, 0.4) is 0 Å². The zero-order valence-electron chi connectivity index (χ0n) is 9.06. The van der Waals surface area contributed by atoms with E-state index >= 15 is 0 Å². The van der Waals surface area contributed by atoms with E-state index in [0.717, 1.165) is 0 Å². The number of pyridine rings is 1. The second-order valence-corrected chi connectivity index (χ2v) is 3.97. The van der Waals surface area contributed by atoms with Crippen LogP contribution in [0.25, 0.3) is 0 Å². The van der Waals surface area contributed by atoms with Gasteiger partial charge in [0.05, 0.1) is 18.9 Å². The van der Waals surface area contributed by atoms with Gasteiger partial charge in [0.2, 0.25) is 0 Å². The van der Waals surface area contributed by atoms with Crippen LogP contribution < -0.4 is 0 Å². The normalized spacial score (nSPS) is 11.0. The molecule has 0 aliphatic carbocycles. The Kier molecular flexibility index (Phi) is 4.05. The van der Waals surface area contributed by atoms with Crippen LogP contribution in [0, 0.1) is 5.92 Å². The number of aromatic hydroxyl groups is 1. The molecule has 1 aromatic rings. The molecule has 0 unspecified atom stereocenters. The van der Waals surface area contributed by atoms with E-state index in [2.05, 4.69) is 4.98 Å². The van der Waals surface area contributed by atoms with Crippen LogP contribution in [0.5, 0.6) is 5.75 Å². The van der Waals surface area contributed by atoms with Crippen molar-refractivity contribution in [1.29, 1.82) is 0 Å². The lowest BCUT2D eigenvalue weighted by Crippen LogP contribution is -2.03. The number of hydrogen-bond donors (Lipinski definition) is 3. The van der Waals surface area contributed by atoms with E-state index in [1.54, 1.807) is 0 Å². The molecule has 0 amide bonds. The Balaban J connectivity index is 3.11. The highest BCUT2D eigenvalue weighted by Crippen LogP contribution is 2.26. The van der Waals surface area contributed by atoms with E-state index in [1.807, 2.05) is 13.8 Å². The lowest BCUT2D eigenvalue weighted by Gasteiger charge is -2.12. The monoisotopic (exact) mass is 211 g/mol. The molecule has 0 saturated heterocycles. The van der Waals surface area contributed by atoms with Crippen molar-refractivity contribution in [2.45, 2.75) is 33.5 Å². The molecule has 1 heterocycles. The van der Waals surface area contributed by atoms with Crippen LogP contribution in [-0.2, 0) is 19.6 Å². The van der Waals surface area contributed by atoms with Crippen molar-refractivity contribution in [3.8, 4) is 5.75 Å². The third-order valence-corrected chi connectivity index (χ3v) is 2.25. The molecule has 0 aliphatic rings. The van der Waals surface area contributed by atoms with E-state index in [-0.39, 0.29) is 19.0 Å². The molecule has 1 aromatic heterocycles. The highest BCUT2D eigenvalue weighted by atomic mass is 16.3. The first kappa shape index (κ1) is 11.9. The molecular formula is C11H17NO3. The van der Waals surface area contributed by atoms with Gasteiger partial charge in [0.25, 0.3) is 0 Å². The minimum absolute atomic E-state index is 0.0118. The molecule has 0 aliphatic heterocycles. The third-order valence-electron chi connectivity index (χ3n) is 2.25. The highest BCUT2D eigenvalue weighted by molar-refractivity contribution is 5.40. The molecular weight excluding hydrogens is 194 g/mol. The van der Waals surface area contributed by atoms with E-state index in [4.69, 9.17) is 10.2 Å². The fourth-order valence-corrected chi connectivity index (χ4v) is 1.47. The molecule has 0 bridgehead atoms. The van der Waals surface area contributed by atoms with Gasteiger partial charge >= 0.3 is 0 Å². The van der Waals surface area contributed by atoms with Crippen molar-refractivity contribution in [2.24, 2.45) is 5.92 Å². The Labute approximate surface area is 89.2 Å². The summed E-state index contributed by atoms with van der Waals surface area (Å²) >= 11 is 0. The lowest BCUT2D eigenvalue weighted by atomic mass is 10.0. The topological polar surface area (TPSA) is 73.6 Å². The molecule has 4 nitrogen and oxygen atoms in total. The quantitative estimate of drug-likeness (QED) is 0.693. The first-order valence-corrected chi connectivity index (χ1v) is 5.00. The molecule has 0 spiro atoms. The van der Waals surface area contributed by atoms with Crippen molar-refractivity contribution in [1.82, 2.24) is 4.98 Å². The van der Waals surface area contributed by atoms with Gasteiger partial charge in [0.15, 0.2) is 0 Å². The predicted octanol–water partition coefficient (Wildman–Crippen LogP) is 0.970. The molecule has 1 rings (SSSR count). The van der Waals surface area contributed by atoms with Crippen LogP contribution in [0.1, 0.15) is 30.7 Å². The fourth-order valence-electron chi connectivity index (χ4n) is 1.47. The summed E-state index contributed by atoms with van der Waals surface area (Å²) in [7, 11) is 0. The number of aromatic nitrogens is 1. The SMILES string of the molecule is CC(C)Cc1ncc(CO)c(CO)c1O. The smallest absolute Gasteiger partial charge is 0.142 e. The van der Waals surface area contributed by atoms with Crippen molar-refractivity contribution < 1.29 is 15.3 Å². The first-order valence-electron chi connectivity index (χ1n) is 5.00. The largest absolute Gasteiger partial charge is 0.506 e. The summed E-state index contributed by atoms with van der Waals surface area (Å²) in [5.74, 6) is 0.396. The Hall–Kier alpha value is -1.13. The summed E-state index contributed by atoms with van der Waals surface area (Å²) < 4.78 is 0. The molecule has 15 heavy (non-hydrogen) atoms. The number of hydrogen-bond acceptors (Lipinski definition) is 4. The van der Waals surface area contributed by atoms with Crippen LogP contribution in [0.15, 0.2) is 6.20 Å². The molecule has 0 atom stereocenters. The summed E-state index contributed by atoms with van der Waals surface area (Å²) in [6, 6.07) is 0. The average molecular weight is 211 g/mol. The minimum Gasteiger partial charge on any atom is -0.506 e. The summed E-state index contributed by atoms with van der Waals surface area (Å²) in [5.41, 5.74) is 1.43. The van der Waals surface area contributed by atoms with Crippen molar-refractivity contribution in [3.05, 3.63) is 23.0 Å². The zero-order valence-corrected chi connectivity index (χ0v) is 9.06. The van der Waals surface area contributed by atoms with Gasteiger partial charge in [0, 0.05) is 17.3 Å². The molecule has 0 radical (unpaired) electrons. The van der Waals surface area contributed by atoms with Gasteiger partial charge in [-0.3, -0.25) is 4.98 Å². The van der Waals surface area contributed by atoms with Crippen LogP contribution >= 0.6 is 0 Å². The molecule has 3 N–H and O–H groups in total. The first-order chi connectivity index (χ1) is 7.10. The maximum atomic E-state index is 9.82. The second kappa shape index (κ2) is 5.09. The summed E-state index contributed by atoms with van der Waals surface area (Å²) in [5, 5.41) is 27.9. The van der Waals surface area contributed by atoms with E-state index in [0.29, 0.717) is 29.2 Å². The molecule has 4 heteroatoms. The standard InChI is InChI=1S/C11H17NO3/c1-7(2)3-10-11(15)9(6-14)8(5-13)4-12-10/h4,7,13-15H,3,5-6H2,1-2H3. The van der Waals surface area contributed by atoms with Crippen molar-refractivity contribution >= 4 is 0 Å². The third kappa shape index (κ3) is 2.67. The Morgan fingerprint density at radius 1 is 1.27 bits per heavy atom.